The lowest BCUT2D eigenvalue weighted by atomic mass is 10.1. The van der Waals surface area contributed by atoms with E-state index in [0.717, 1.165) is 4.31 Å². The van der Waals surface area contributed by atoms with E-state index in [1.165, 1.54) is 51.8 Å². The van der Waals surface area contributed by atoms with Crippen molar-refractivity contribution in [3.05, 3.63) is 35.7 Å². The fourth-order valence-electron chi connectivity index (χ4n) is 2.21. The average Bonchev–Trinajstić information content (AvgIpc) is 2.69. The molecule has 1 aromatic carbocycles. The number of nitrogen functional groups attached to an aromatic ring is 1. The van der Waals surface area contributed by atoms with E-state index in [1.807, 2.05) is 0 Å². The molecule has 0 saturated carbocycles. The van der Waals surface area contributed by atoms with Crippen LogP contribution in [0.1, 0.15) is 22.8 Å². The smallest absolute Gasteiger partial charge is 0.338 e. The van der Waals surface area contributed by atoms with Crippen LogP contribution in [0.15, 0.2) is 29.5 Å². The number of ether oxygens (including phenoxy) is 2. The molecule has 28 heavy (non-hydrogen) atoms. The van der Waals surface area contributed by atoms with Crippen LogP contribution in [0.2, 0.25) is 0 Å². The van der Waals surface area contributed by atoms with Crippen molar-refractivity contribution in [2.24, 2.45) is 4.99 Å². The maximum Gasteiger partial charge on any atom is 0.338 e. The molecule has 0 bridgehead atoms. The highest BCUT2D eigenvalue weighted by atomic mass is 32.2. The first-order valence-corrected chi connectivity index (χ1v) is 9.74. The van der Waals surface area contributed by atoms with Crippen LogP contribution in [0.25, 0.3) is 0 Å². The molecule has 0 aliphatic carbocycles. The lowest BCUT2D eigenvalue weighted by Crippen LogP contribution is -2.28. The van der Waals surface area contributed by atoms with E-state index >= 15 is 0 Å². The van der Waals surface area contributed by atoms with Gasteiger partial charge in [-0.05, 0) is 19.1 Å². The summed E-state index contributed by atoms with van der Waals surface area (Å²) in [4.78, 5) is 23.9. The summed E-state index contributed by atoms with van der Waals surface area (Å²) in [5.74, 6) is -0.194. The van der Waals surface area contributed by atoms with Crippen LogP contribution in [0.4, 0.5) is 11.5 Å². The summed E-state index contributed by atoms with van der Waals surface area (Å²) >= 11 is 0. The van der Waals surface area contributed by atoms with Crippen molar-refractivity contribution in [3.8, 4) is 11.6 Å². The van der Waals surface area contributed by atoms with E-state index in [-0.39, 0.29) is 34.5 Å². The number of benzene rings is 1. The van der Waals surface area contributed by atoms with Crippen LogP contribution < -0.4 is 14.8 Å². The summed E-state index contributed by atoms with van der Waals surface area (Å²) in [6.45, 7) is 1.53. The molecule has 150 valence electrons. The van der Waals surface area contributed by atoms with Crippen molar-refractivity contribution in [2.75, 3.05) is 37.0 Å². The van der Waals surface area contributed by atoms with Crippen LogP contribution in [0, 0.1) is 0 Å². The van der Waals surface area contributed by atoms with Gasteiger partial charge in [-0.25, -0.2) is 23.2 Å². The third-order valence-corrected chi connectivity index (χ3v) is 5.54. The van der Waals surface area contributed by atoms with Crippen LogP contribution in [-0.2, 0) is 14.8 Å². The van der Waals surface area contributed by atoms with Crippen LogP contribution in [0.5, 0.6) is 11.6 Å². The number of esters is 1. The van der Waals surface area contributed by atoms with E-state index in [0.29, 0.717) is 5.56 Å². The number of nitrogens with two attached hydrogens (primary N) is 1. The van der Waals surface area contributed by atoms with Gasteiger partial charge in [0.1, 0.15) is 5.75 Å². The van der Waals surface area contributed by atoms with Crippen molar-refractivity contribution in [2.45, 2.75) is 6.92 Å². The highest BCUT2D eigenvalue weighted by Gasteiger charge is 2.18. The normalized spacial score (nSPS) is 11.4. The summed E-state index contributed by atoms with van der Waals surface area (Å²) in [6.07, 6.45) is 4.02. The number of carbonyl (C=O) groups is 1. The Morgan fingerprint density at radius 1 is 1.32 bits per heavy atom. The van der Waals surface area contributed by atoms with Gasteiger partial charge in [0.2, 0.25) is 15.9 Å². The van der Waals surface area contributed by atoms with Gasteiger partial charge in [0.25, 0.3) is 0 Å². The number of hydrogen-bond acceptors (Lipinski definition) is 9. The van der Waals surface area contributed by atoms with E-state index < -0.39 is 16.0 Å². The van der Waals surface area contributed by atoms with Crippen LogP contribution in [-0.4, -0.2) is 57.5 Å². The lowest BCUT2D eigenvalue weighted by Gasteiger charge is -2.17. The second-order valence-electron chi connectivity index (χ2n) is 5.54. The monoisotopic (exact) mass is 407 g/mol. The summed E-state index contributed by atoms with van der Waals surface area (Å²) in [6, 6.07) is 2.90. The molecule has 10 nitrogen and oxygen atoms in total. The number of nitrogens with zero attached hydrogens (tertiary/aromatic N) is 4. The highest BCUT2D eigenvalue weighted by Crippen LogP contribution is 2.29. The topological polar surface area (TPSA) is 137 Å². The fourth-order valence-corrected chi connectivity index (χ4v) is 2.98. The number of aliphatic imine (C=N–C) groups is 1. The lowest BCUT2D eigenvalue weighted by molar-refractivity contribution is 0.0600. The fraction of sp³-hybridized carbons (Fsp3) is 0.294. The Balaban J connectivity index is 2.39. The van der Waals surface area contributed by atoms with Gasteiger partial charge in [-0.2, -0.15) is 0 Å². The van der Waals surface area contributed by atoms with Crippen molar-refractivity contribution in [1.29, 1.82) is 0 Å². The third kappa shape index (κ3) is 4.55. The predicted molar refractivity (Wildman–Crippen MR) is 106 cm³/mol. The van der Waals surface area contributed by atoms with Gasteiger partial charge >= 0.3 is 5.97 Å². The Morgan fingerprint density at radius 3 is 2.57 bits per heavy atom. The Labute approximate surface area is 163 Å². The van der Waals surface area contributed by atoms with Gasteiger partial charge < -0.3 is 15.2 Å². The Bertz CT molecular complexity index is 990. The number of rotatable bonds is 7. The van der Waals surface area contributed by atoms with Crippen LogP contribution >= 0.6 is 0 Å². The van der Waals surface area contributed by atoms with Crippen molar-refractivity contribution < 1.29 is 22.7 Å². The van der Waals surface area contributed by atoms with E-state index in [2.05, 4.69) is 15.0 Å². The first kappa shape index (κ1) is 21.1. The molecule has 2 N–H and O–H groups in total. The number of carbonyl (C=O) groups excluding carboxylic acids is 1. The Hall–Kier alpha value is -3.21. The second kappa shape index (κ2) is 8.65. The van der Waals surface area contributed by atoms with Gasteiger partial charge in [-0.3, -0.25) is 9.30 Å². The zero-order chi connectivity index (χ0) is 20.9. The molecule has 1 heterocycles. The van der Waals surface area contributed by atoms with E-state index in [4.69, 9.17) is 15.2 Å². The Morgan fingerprint density at radius 2 is 2.04 bits per heavy atom. The first-order valence-electron chi connectivity index (χ1n) is 8.14. The number of hydrogen-bond donors (Lipinski definition) is 1. The number of methoxy groups -OCH3 is 1. The molecule has 0 amide bonds. The average molecular weight is 407 g/mol. The van der Waals surface area contributed by atoms with Gasteiger partial charge in [-0.1, -0.05) is 0 Å². The van der Waals surface area contributed by atoms with E-state index in [9.17, 15) is 13.2 Å². The molecule has 1 aromatic heterocycles. The zero-order valence-corrected chi connectivity index (χ0v) is 16.7. The molecule has 0 aliphatic heterocycles. The van der Waals surface area contributed by atoms with E-state index in [1.54, 1.807) is 7.05 Å². The summed E-state index contributed by atoms with van der Waals surface area (Å²) in [7, 11) is 0.754. The molecule has 0 fully saturated rings. The largest absolute Gasteiger partial charge is 0.465 e. The quantitative estimate of drug-likeness (QED) is 0.414. The van der Waals surface area contributed by atoms with Crippen molar-refractivity contribution in [3.63, 3.8) is 0 Å². The maximum atomic E-state index is 11.9. The maximum absolute atomic E-state index is 11.9. The molecule has 0 aliphatic rings. The molecule has 0 spiro atoms. The molecular formula is C17H21N5O5S. The summed E-state index contributed by atoms with van der Waals surface area (Å²) in [5, 5.41) is 0. The van der Waals surface area contributed by atoms with Gasteiger partial charge in [0.05, 0.1) is 36.4 Å². The summed E-state index contributed by atoms with van der Waals surface area (Å²) in [5.41, 5.74) is 6.91. The van der Waals surface area contributed by atoms with Crippen LogP contribution in [0.3, 0.4) is 0 Å². The number of aromatic nitrogens is 2. The predicted octanol–water partition coefficient (Wildman–Crippen LogP) is 1.47. The molecule has 2 aromatic rings. The SMILES string of the molecule is CCS(=O)(=O)N(C)c1cnc(Oc2cc(C(=O)OC)cc(N)c2C=NC)cn1. The number of anilines is 2. The minimum atomic E-state index is -3.46. The molecule has 2 rings (SSSR count). The zero-order valence-electron chi connectivity index (χ0n) is 15.9. The first-order chi connectivity index (χ1) is 13.2. The van der Waals surface area contributed by atoms with Crippen molar-refractivity contribution >= 4 is 33.7 Å². The van der Waals surface area contributed by atoms with Gasteiger partial charge in [0.15, 0.2) is 5.82 Å². The minimum absolute atomic E-state index is 0.0667. The molecule has 0 unspecified atom stereocenters. The molecule has 0 atom stereocenters. The standard InChI is InChI=1S/C17H21N5O5S/c1-5-28(24,25)22(3)15-9-21-16(10-20-15)27-14-7-11(17(23)26-4)6-13(18)12(14)8-19-2/h6-10H,5,18H2,1-4H3. The second-order valence-corrected chi connectivity index (χ2v) is 7.83. The number of sulfonamides is 1. The molecule has 0 saturated heterocycles. The Kier molecular flexibility index (Phi) is 6.52. The molecular weight excluding hydrogens is 386 g/mol. The third-order valence-electron chi connectivity index (χ3n) is 3.79. The molecule has 0 radical (unpaired) electrons. The van der Waals surface area contributed by atoms with Gasteiger partial charge in [0, 0.05) is 26.0 Å². The highest BCUT2D eigenvalue weighted by molar-refractivity contribution is 7.92. The van der Waals surface area contributed by atoms with Crippen molar-refractivity contribution in [1.82, 2.24) is 9.97 Å². The summed E-state index contributed by atoms with van der Waals surface area (Å²) < 4.78 is 35.3. The molecule has 11 heteroatoms. The minimum Gasteiger partial charge on any atom is -0.465 e. The van der Waals surface area contributed by atoms with Gasteiger partial charge in [-0.15, -0.1) is 0 Å².